The first-order chi connectivity index (χ1) is 9.01. The normalized spacial score (nSPS) is 9.84. The predicted molar refractivity (Wildman–Crippen MR) is 75.9 cm³/mol. The van der Waals surface area contributed by atoms with Crippen molar-refractivity contribution in [3.63, 3.8) is 0 Å². The lowest BCUT2D eigenvalue weighted by molar-refractivity contribution is 0.0848. The van der Waals surface area contributed by atoms with Gasteiger partial charge in [0, 0.05) is 5.56 Å². The van der Waals surface area contributed by atoms with Crippen LogP contribution in [0.3, 0.4) is 0 Å². The van der Waals surface area contributed by atoms with Crippen LogP contribution in [0.4, 0.5) is 0 Å². The van der Waals surface area contributed by atoms with Crippen LogP contribution in [-0.4, -0.2) is 29.2 Å². The van der Waals surface area contributed by atoms with E-state index >= 15 is 0 Å². The maximum atomic E-state index is 11.9. The number of hydrogen-bond donors (Lipinski definition) is 2. The number of nitrogens with zero attached hydrogens (tertiary/aromatic N) is 1. The van der Waals surface area contributed by atoms with E-state index < -0.39 is 5.91 Å². The lowest BCUT2D eigenvalue weighted by Crippen LogP contribution is -2.45. The fourth-order valence-corrected chi connectivity index (χ4v) is 1.51. The number of hydrogen-bond acceptors (Lipinski definition) is 5. The summed E-state index contributed by atoms with van der Waals surface area (Å²) in [4.78, 5) is 11.9. The Hall–Kier alpha value is -1.86. The zero-order valence-corrected chi connectivity index (χ0v) is 11.7. The van der Waals surface area contributed by atoms with Gasteiger partial charge in [-0.25, -0.2) is 10.9 Å². The topological polar surface area (TPSA) is 90.8 Å². The van der Waals surface area contributed by atoms with Gasteiger partial charge in [-0.2, -0.15) is 0 Å². The molecule has 104 valence electrons. The first kappa shape index (κ1) is 15.2. The number of benzene rings is 1. The van der Waals surface area contributed by atoms with Crippen LogP contribution in [0.5, 0.6) is 11.5 Å². The highest BCUT2D eigenvalue weighted by Gasteiger charge is 2.17. The summed E-state index contributed by atoms with van der Waals surface area (Å²) in [5.74, 6) is 6.00. The van der Waals surface area contributed by atoms with Crippen LogP contribution in [0, 0.1) is 0 Å². The number of rotatable bonds is 5. The number of carbonyl (C=O) groups is 1. The lowest BCUT2D eigenvalue weighted by atomic mass is 10.2. The van der Waals surface area contributed by atoms with Crippen LogP contribution < -0.4 is 21.1 Å². The van der Waals surface area contributed by atoms with Gasteiger partial charge in [-0.3, -0.25) is 4.79 Å². The lowest BCUT2D eigenvalue weighted by Gasteiger charge is -2.16. The van der Waals surface area contributed by atoms with Crippen LogP contribution in [-0.2, 0) is 0 Å². The molecule has 0 bridgehead atoms. The van der Waals surface area contributed by atoms with E-state index in [1.54, 1.807) is 18.2 Å². The highest BCUT2D eigenvalue weighted by atomic mass is 32.1. The van der Waals surface area contributed by atoms with Gasteiger partial charge in [-0.1, -0.05) is 0 Å². The number of thiocarbonyl (C=S) groups is 1. The Morgan fingerprint density at radius 2 is 1.84 bits per heavy atom. The molecule has 0 atom stereocenters. The molecule has 4 N–H and O–H groups in total. The Bertz CT molecular complexity index is 479. The molecule has 19 heavy (non-hydrogen) atoms. The largest absolute Gasteiger partial charge is 0.490 e. The van der Waals surface area contributed by atoms with Gasteiger partial charge in [-0.05, 0) is 44.3 Å². The Morgan fingerprint density at radius 1 is 1.26 bits per heavy atom. The van der Waals surface area contributed by atoms with Crippen LogP contribution >= 0.6 is 12.2 Å². The highest BCUT2D eigenvalue weighted by molar-refractivity contribution is 7.80. The van der Waals surface area contributed by atoms with E-state index in [1.165, 1.54) is 0 Å². The fourth-order valence-electron chi connectivity index (χ4n) is 1.42. The molecule has 0 fully saturated rings. The second kappa shape index (κ2) is 6.91. The third-order valence-corrected chi connectivity index (χ3v) is 2.44. The molecule has 1 amide bonds. The first-order valence-corrected chi connectivity index (χ1v) is 6.20. The van der Waals surface area contributed by atoms with E-state index in [0.29, 0.717) is 35.3 Å². The van der Waals surface area contributed by atoms with Crippen molar-refractivity contribution in [2.75, 3.05) is 13.2 Å². The van der Waals surface area contributed by atoms with E-state index in [0.717, 1.165) is 0 Å². The molecule has 0 spiro atoms. The third kappa shape index (κ3) is 3.80. The molecule has 0 aliphatic heterocycles. The molecular formula is C12H17N3O3S. The van der Waals surface area contributed by atoms with E-state index in [-0.39, 0.29) is 5.11 Å². The highest BCUT2D eigenvalue weighted by Crippen LogP contribution is 2.28. The Kier molecular flexibility index (Phi) is 5.53. The van der Waals surface area contributed by atoms with Gasteiger partial charge in [0.2, 0.25) is 0 Å². The monoisotopic (exact) mass is 283 g/mol. The molecule has 1 aromatic rings. The third-order valence-electron chi connectivity index (χ3n) is 2.25. The first-order valence-electron chi connectivity index (χ1n) is 5.79. The Morgan fingerprint density at radius 3 is 2.37 bits per heavy atom. The summed E-state index contributed by atoms with van der Waals surface area (Å²) in [6, 6.07) is 4.78. The molecule has 0 saturated carbocycles. The fraction of sp³-hybridized carbons (Fsp3) is 0.333. The van der Waals surface area contributed by atoms with Crippen molar-refractivity contribution in [1.82, 2.24) is 5.01 Å². The van der Waals surface area contributed by atoms with Crippen molar-refractivity contribution in [1.29, 1.82) is 0 Å². The predicted octanol–water partition coefficient (Wildman–Crippen LogP) is 1.04. The summed E-state index contributed by atoms with van der Waals surface area (Å²) in [5.41, 5.74) is 5.63. The summed E-state index contributed by atoms with van der Waals surface area (Å²) in [5, 5.41) is 0.512. The number of amides is 1. The van der Waals surface area contributed by atoms with Crippen molar-refractivity contribution < 1.29 is 14.3 Å². The SMILES string of the molecule is CCOc1ccc(C(=O)N(N)C(N)=S)cc1OCC. The summed E-state index contributed by atoms with van der Waals surface area (Å²) in [7, 11) is 0. The molecule has 0 saturated heterocycles. The summed E-state index contributed by atoms with van der Waals surface area (Å²) < 4.78 is 10.8. The van der Waals surface area contributed by atoms with Crippen molar-refractivity contribution in [2.24, 2.45) is 11.6 Å². The van der Waals surface area contributed by atoms with Crippen LogP contribution in [0.2, 0.25) is 0 Å². The molecule has 0 radical (unpaired) electrons. The second-order valence-corrected chi connectivity index (χ2v) is 3.96. The molecule has 0 aliphatic carbocycles. The number of carbonyl (C=O) groups excluding carboxylic acids is 1. The van der Waals surface area contributed by atoms with Gasteiger partial charge in [-0.15, -0.1) is 0 Å². The average Bonchev–Trinajstić information content (AvgIpc) is 2.39. The van der Waals surface area contributed by atoms with Crippen LogP contribution in [0.25, 0.3) is 0 Å². The average molecular weight is 283 g/mol. The van der Waals surface area contributed by atoms with Gasteiger partial charge in [0.1, 0.15) is 0 Å². The molecule has 0 aliphatic rings. The number of hydrazine groups is 1. The number of nitrogens with two attached hydrogens (primary N) is 2. The van der Waals surface area contributed by atoms with E-state index in [1.807, 2.05) is 13.8 Å². The zero-order chi connectivity index (χ0) is 14.4. The van der Waals surface area contributed by atoms with E-state index in [2.05, 4.69) is 12.2 Å². The van der Waals surface area contributed by atoms with Crippen molar-refractivity contribution in [3.05, 3.63) is 23.8 Å². The Balaban J connectivity index is 3.07. The quantitative estimate of drug-likeness (QED) is 0.363. The van der Waals surface area contributed by atoms with E-state index in [9.17, 15) is 4.79 Å². The van der Waals surface area contributed by atoms with Crippen LogP contribution in [0.1, 0.15) is 24.2 Å². The zero-order valence-electron chi connectivity index (χ0n) is 10.9. The minimum Gasteiger partial charge on any atom is -0.490 e. The maximum Gasteiger partial charge on any atom is 0.274 e. The Labute approximate surface area is 117 Å². The van der Waals surface area contributed by atoms with Crippen LogP contribution in [0.15, 0.2) is 18.2 Å². The molecule has 0 unspecified atom stereocenters. The molecule has 1 aromatic carbocycles. The van der Waals surface area contributed by atoms with E-state index in [4.69, 9.17) is 21.1 Å². The standard InChI is InChI=1S/C12H17N3O3S/c1-3-17-9-6-5-8(7-10(9)18-4-2)11(16)15(14)12(13)19/h5-7H,3-4,14H2,1-2H3,(H2,13,19). The molecule has 0 heterocycles. The molecule has 6 nitrogen and oxygen atoms in total. The van der Waals surface area contributed by atoms with Crippen molar-refractivity contribution in [2.45, 2.75) is 13.8 Å². The van der Waals surface area contributed by atoms with Gasteiger partial charge in [0.25, 0.3) is 5.91 Å². The van der Waals surface area contributed by atoms with Gasteiger partial charge in [0.15, 0.2) is 16.6 Å². The summed E-state index contributed by atoms with van der Waals surface area (Å²) in [6.45, 7) is 4.67. The van der Waals surface area contributed by atoms with Gasteiger partial charge >= 0.3 is 0 Å². The second-order valence-electron chi connectivity index (χ2n) is 3.54. The minimum absolute atomic E-state index is 0.197. The van der Waals surface area contributed by atoms with Crippen molar-refractivity contribution >= 4 is 23.2 Å². The summed E-state index contributed by atoms with van der Waals surface area (Å²) in [6.07, 6.45) is 0. The van der Waals surface area contributed by atoms with Crippen molar-refractivity contribution in [3.8, 4) is 11.5 Å². The van der Waals surface area contributed by atoms with Gasteiger partial charge < -0.3 is 15.2 Å². The molecule has 7 heteroatoms. The molecule has 0 aromatic heterocycles. The summed E-state index contributed by atoms with van der Waals surface area (Å²) >= 11 is 4.65. The minimum atomic E-state index is -0.503. The van der Waals surface area contributed by atoms with Gasteiger partial charge in [0.05, 0.1) is 13.2 Å². The maximum absolute atomic E-state index is 11.9. The number of ether oxygens (including phenoxy) is 2. The molecule has 1 rings (SSSR count). The smallest absolute Gasteiger partial charge is 0.274 e. The molecular weight excluding hydrogens is 266 g/mol.